The predicted octanol–water partition coefficient (Wildman–Crippen LogP) is 4.42. The Hall–Kier alpha value is -3.21. The van der Waals surface area contributed by atoms with Crippen molar-refractivity contribution in [1.29, 1.82) is 0 Å². The Kier molecular flexibility index (Phi) is 6.92. The van der Waals surface area contributed by atoms with Crippen molar-refractivity contribution >= 4 is 11.7 Å². The molecule has 1 aromatic heterocycles. The molecule has 2 aromatic carbocycles. The second kappa shape index (κ2) is 10.2. The maximum absolute atomic E-state index is 12.6. The summed E-state index contributed by atoms with van der Waals surface area (Å²) in [6.07, 6.45) is 5.50. The van der Waals surface area contributed by atoms with Crippen molar-refractivity contribution < 1.29 is 4.79 Å². The Morgan fingerprint density at radius 3 is 2.65 bits per heavy atom. The summed E-state index contributed by atoms with van der Waals surface area (Å²) >= 11 is 0. The number of amides is 1. The van der Waals surface area contributed by atoms with Gasteiger partial charge in [-0.25, -0.2) is 9.97 Å². The number of benzene rings is 2. The van der Waals surface area contributed by atoms with E-state index in [0.717, 1.165) is 62.5 Å². The number of nitrogens with zero attached hydrogens (tertiary/aromatic N) is 3. The second-order valence-corrected chi connectivity index (χ2v) is 8.25. The minimum Gasteiger partial charge on any atom is -0.356 e. The van der Waals surface area contributed by atoms with Crippen LogP contribution in [0.15, 0.2) is 66.9 Å². The molecule has 0 saturated carbocycles. The number of aryl methyl sites for hydroxylation is 2. The minimum atomic E-state index is 0.0889. The van der Waals surface area contributed by atoms with Crippen molar-refractivity contribution in [2.75, 3.05) is 24.5 Å². The van der Waals surface area contributed by atoms with Crippen molar-refractivity contribution in [2.45, 2.75) is 32.6 Å². The van der Waals surface area contributed by atoms with Crippen molar-refractivity contribution in [2.24, 2.45) is 5.92 Å². The molecular weight excluding hydrogens is 384 g/mol. The maximum Gasteiger partial charge on any atom is 0.223 e. The van der Waals surface area contributed by atoms with E-state index in [0.29, 0.717) is 0 Å². The molecule has 0 radical (unpaired) electrons. The van der Waals surface area contributed by atoms with Crippen LogP contribution in [0.1, 0.15) is 30.4 Å². The van der Waals surface area contributed by atoms with Crippen LogP contribution in [-0.2, 0) is 11.2 Å². The topological polar surface area (TPSA) is 58.1 Å². The van der Waals surface area contributed by atoms with Crippen molar-refractivity contribution in [3.8, 4) is 11.4 Å². The van der Waals surface area contributed by atoms with Gasteiger partial charge < -0.3 is 10.2 Å². The lowest BCUT2D eigenvalue weighted by Gasteiger charge is -2.32. The van der Waals surface area contributed by atoms with Gasteiger partial charge in [0.2, 0.25) is 5.91 Å². The lowest BCUT2D eigenvalue weighted by molar-refractivity contribution is -0.125. The Labute approximate surface area is 184 Å². The first-order valence-electron chi connectivity index (χ1n) is 11.2. The quantitative estimate of drug-likeness (QED) is 0.582. The van der Waals surface area contributed by atoms with Crippen LogP contribution in [-0.4, -0.2) is 35.5 Å². The molecule has 1 aliphatic heterocycles. The summed E-state index contributed by atoms with van der Waals surface area (Å²) in [4.78, 5) is 24.1. The van der Waals surface area contributed by atoms with Crippen molar-refractivity contribution in [3.63, 3.8) is 0 Å². The molecular formula is C26H30N4O. The van der Waals surface area contributed by atoms with Gasteiger partial charge in [0.05, 0.1) is 0 Å². The highest BCUT2D eigenvalue weighted by molar-refractivity contribution is 5.79. The van der Waals surface area contributed by atoms with Gasteiger partial charge in [-0.05, 0) is 50.3 Å². The molecule has 3 aromatic rings. The van der Waals surface area contributed by atoms with E-state index in [4.69, 9.17) is 4.98 Å². The fourth-order valence-electron chi connectivity index (χ4n) is 4.11. The SMILES string of the molecule is Cc1cccc(-c2nccc(N3CCC(C(=O)NCCCc4ccccc4)CC3)n2)c1. The Morgan fingerprint density at radius 1 is 1.06 bits per heavy atom. The average molecular weight is 415 g/mol. The highest BCUT2D eigenvalue weighted by Gasteiger charge is 2.25. The largest absolute Gasteiger partial charge is 0.356 e. The Bertz CT molecular complexity index is 997. The monoisotopic (exact) mass is 414 g/mol. The van der Waals surface area contributed by atoms with E-state index in [9.17, 15) is 4.79 Å². The molecule has 0 spiro atoms. The first-order chi connectivity index (χ1) is 15.2. The van der Waals surface area contributed by atoms with Crippen LogP contribution >= 0.6 is 0 Å². The van der Waals surface area contributed by atoms with Gasteiger partial charge in [-0.15, -0.1) is 0 Å². The van der Waals surface area contributed by atoms with Crippen LogP contribution < -0.4 is 10.2 Å². The molecule has 1 aliphatic rings. The van der Waals surface area contributed by atoms with Gasteiger partial charge in [0.15, 0.2) is 5.82 Å². The fourth-order valence-corrected chi connectivity index (χ4v) is 4.11. The van der Waals surface area contributed by atoms with E-state index in [2.05, 4.69) is 58.5 Å². The molecule has 0 aliphatic carbocycles. The zero-order valence-corrected chi connectivity index (χ0v) is 18.1. The zero-order chi connectivity index (χ0) is 21.5. The Balaban J connectivity index is 1.26. The van der Waals surface area contributed by atoms with E-state index in [1.54, 1.807) is 0 Å². The van der Waals surface area contributed by atoms with Gasteiger partial charge in [0.25, 0.3) is 0 Å². The first-order valence-corrected chi connectivity index (χ1v) is 11.2. The number of hydrogen-bond donors (Lipinski definition) is 1. The number of carbonyl (C=O) groups is 1. The summed E-state index contributed by atoms with van der Waals surface area (Å²) in [5.41, 5.74) is 3.55. The molecule has 160 valence electrons. The third-order valence-electron chi connectivity index (χ3n) is 5.89. The minimum absolute atomic E-state index is 0.0889. The summed E-state index contributed by atoms with van der Waals surface area (Å²) in [6, 6.07) is 20.6. The maximum atomic E-state index is 12.6. The number of anilines is 1. The molecule has 1 saturated heterocycles. The third-order valence-corrected chi connectivity index (χ3v) is 5.89. The van der Waals surface area contributed by atoms with Crippen LogP contribution in [0.4, 0.5) is 5.82 Å². The molecule has 5 nitrogen and oxygen atoms in total. The van der Waals surface area contributed by atoms with Crippen molar-refractivity contribution in [3.05, 3.63) is 78.0 Å². The molecule has 31 heavy (non-hydrogen) atoms. The summed E-state index contributed by atoms with van der Waals surface area (Å²) in [7, 11) is 0. The van der Waals surface area contributed by atoms with Gasteiger partial charge >= 0.3 is 0 Å². The molecule has 5 heteroatoms. The Morgan fingerprint density at radius 2 is 1.87 bits per heavy atom. The number of aromatic nitrogens is 2. The van der Waals surface area contributed by atoms with Gasteiger partial charge in [-0.1, -0.05) is 54.1 Å². The van der Waals surface area contributed by atoms with E-state index in [-0.39, 0.29) is 11.8 Å². The van der Waals surface area contributed by atoms with Crippen LogP contribution in [0.3, 0.4) is 0 Å². The van der Waals surface area contributed by atoms with E-state index < -0.39 is 0 Å². The summed E-state index contributed by atoms with van der Waals surface area (Å²) in [5.74, 6) is 1.97. The zero-order valence-electron chi connectivity index (χ0n) is 18.1. The van der Waals surface area contributed by atoms with Crippen LogP contribution in [0.5, 0.6) is 0 Å². The van der Waals surface area contributed by atoms with E-state index in [1.807, 2.05) is 30.5 Å². The highest BCUT2D eigenvalue weighted by Crippen LogP contribution is 2.24. The number of rotatable bonds is 7. The lowest BCUT2D eigenvalue weighted by atomic mass is 9.96. The van der Waals surface area contributed by atoms with E-state index in [1.165, 1.54) is 11.1 Å². The molecule has 1 fully saturated rings. The van der Waals surface area contributed by atoms with E-state index >= 15 is 0 Å². The number of piperidine rings is 1. The molecule has 2 heterocycles. The molecule has 4 rings (SSSR count). The summed E-state index contributed by atoms with van der Waals surface area (Å²) in [6.45, 7) is 4.49. The van der Waals surface area contributed by atoms with Crippen LogP contribution in [0, 0.1) is 12.8 Å². The van der Waals surface area contributed by atoms with Crippen LogP contribution in [0.2, 0.25) is 0 Å². The predicted molar refractivity (Wildman–Crippen MR) is 125 cm³/mol. The number of nitrogens with one attached hydrogen (secondary N) is 1. The highest BCUT2D eigenvalue weighted by atomic mass is 16.1. The lowest BCUT2D eigenvalue weighted by Crippen LogP contribution is -2.41. The standard InChI is InChI=1S/C26H30N4O/c1-20-7-5-11-23(19-20)25-27-16-12-24(29-25)30-17-13-22(14-18-30)26(31)28-15-6-10-21-8-3-2-4-9-21/h2-5,7-9,11-12,16,19,22H,6,10,13-15,17-18H2,1H3,(H,28,31). The van der Waals surface area contributed by atoms with Gasteiger partial charge in [0.1, 0.15) is 5.82 Å². The average Bonchev–Trinajstić information content (AvgIpc) is 2.82. The number of carbonyl (C=O) groups excluding carboxylic acids is 1. The first kappa shape index (κ1) is 21.0. The molecule has 1 amide bonds. The smallest absolute Gasteiger partial charge is 0.223 e. The molecule has 1 N–H and O–H groups in total. The van der Waals surface area contributed by atoms with Gasteiger partial charge in [-0.2, -0.15) is 0 Å². The fraction of sp³-hybridized carbons (Fsp3) is 0.346. The van der Waals surface area contributed by atoms with Crippen LogP contribution in [0.25, 0.3) is 11.4 Å². The third kappa shape index (κ3) is 5.69. The van der Waals surface area contributed by atoms with Gasteiger partial charge in [-0.3, -0.25) is 4.79 Å². The number of hydrogen-bond acceptors (Lipinski definition) is 4. The molecule has 0 atom stereocenters. The normalized spacial score (nSPS) is 14.4. The molecule has 0 unspecified atom stereocenters. The summed E-state index contributed by atoms with van der Waals surface area (Å²) < 4.78 is 0. The molecule has 0 bridgehead atoms. The van der Waals surface area contributed by atoms with Gasteiger partial charge in [0, 0.05) is 37.3 Å². The summed E-state index contributed by atoms with van der Waals surface area (Å²) in [5, 5.41) is 3.13. The second-order valence-electron chi connectivity index (χ2n) is 8.25. The van der Waals surface area contributed by atoms with Crippen molar-refractivity contribution in [1.82, 2.24) is 15.3 Å².